The monoisotopic (exact) mass is 282 g/mol. The molecule has 1 heterocycles. The summed E-state index contributed by atoms with van der Waals surface area (Å²) < 4.78 is 9.88. The van der Waals surface area contributed by atoms with Crippen molar-refractivity contribution in [2.75, 3.05) is 7.11 Å². The van der Waals surface area contributed by atoms with E-state index in [9.17, 15) is 9.59 Å². The summed E-state index contributed by atoms with van der Waals surface area (Å²) in [4.78, 5) is 24.4. The van der Waals surface area contributed by atoms with Crippen molar-refractivity contribution in [3.8, 4) is 0 Å². The summed E-state index contributed by atoms with van der Waals surface area (Å²) in [5.74, 6) is -0.736. The highest BCUT2D eigenvalue weighted by molar-refractivity contribution is 7.14. The van der Waals surface area contributed by atoms with Crippen molar-refractivity contribution < 1.29 is 19.1 Å². The molecule has 0 aromatic carbocycles. The zero-order chi connectivity index (χ0) is 14.6. The second-order valence-corrected chi connectivity index (χ2v) is 6.14. The Bertz CT molecular complexity index is 506. The smallest absolute Gasteiger partial charge is 0.348 e. The standard InChI is InChI=1S/C14H18O4S/c1-9(12(15)17-5)8-10-6-7-11(19-10)13(16)18-14(2,3)4/h6-8H,1-5H3/b9-8-. The third kappa shape index (κ3) is 4.87. The molecule has 0 radical (unpaired) electrons. The lowest BCUT2D eigenvalue weighted by molar-refractivity contribution is -0.135. The first-order valence-corrected chi connectivity index (χ1v) is 6.64. The summed E-state index contributed by atoms with van der Waals surface area (Å²) >= 11 is 1.28. The fraction of sp³-hybridized carbons (Fsp3) is 0.429. The summed E-state index contributed by atoms with van der Waals surface area (Å²) in [6, 6.07) is 3.46. The number of methoxy groups -OCH3 is 1. The Morgan fingerprint density at radius 3 is 2.42 bits per heavy atom. The van der Waals surface area contributed by atoms with Crippen LogP contribution in [-0.4, -0.2) is 24.6 Å². The second-order valence-electron chi connectivity index (χ2n) is 5.02. The molecule has 0 aliphatic carbocycles. The highest BCUT2D eigenvalue weighted by Crippen LogP contribution is 2.22. The van der Waals surface area contributed by atoms with Gasteiger partial charge in [-0.05, 0) is 45.9 Å². The summed E-state index contributed by atoms with van der Waals surface area (Å²) in [5.41, 5.74) is -0.0287. The van der Waals surface area contributed by atoms with Crippen molar-refractivity contribution in [2.24, 2.45) is 0 Å². The van der Waals surface area contributed by atoms with Crippen LogP contribution in [0.15, 0.2) is 17.7 Å². The molecule has 1 aromatic rings. The van der Waals surface area contributed by atoms with E-state index in [4.69, 9.17) is 4.74 Å². The molecule has 0 aliphatic heterocycles. The lowest BCUT2D eigenvalue weighted by atomic mass is 10.2. The van der Waals surface area contributed by atoms with Gasteiger partial charge in [0.25, 0.3) is 0 Å². The van der Waals surface area contributed by atoms with E-state index in [2.05, 4.69) is 4.74 Å². The van der Waals surface area contributed by atoms with Gasteiger partial charge in [0.15, 0.2) is 0 Å². The quantitative estimate of drug-likeness (QED) is 0.630. The first-order chi connectivity index (χ1) is 8.73. The maximum absolute atomic E-state index is 11.8. The molecule has 0 saturated heterocycles. The Morgan fingerprint density at radius 1 is 1.26 bits per heavy atom. The molecule has 5 heteroatoms. The minimum absolute atomic E-state index is 0.354. The molecule has 1 rings (SSSR count). The lowest BCUT2D eigenvalue weighted by Crippen LogP contribution is -2.23. The minimum atomic E-state index is -0.515. The van der Waals surface area contributed by atoms with E-state index in [1.807, 2.05) is 20.8 Å². The van der Waals surface area contributed by atoms with Gasteiger partial charge in [0.1, 0.15) is 10.5 Å². The zero-order valence-corrected chi connectivity index (χ0v) is 12.6. The van der Waals surface area contributed by atoms with Gasteiger partial charge in [-0.2, -0.15) is 0 Å². The summed E-state index contributed by atoms with van der Waals surface area (Å²) in [6.07, 6.45) is 1.68. The molecule has 1 aromatic heterocycles. The van der Waals surface area contributed by atoms with E-state index < -0.39 is 5.60 Å². The maximum Gasteiger partial charge on any atom is 0.348 e. The molecule has 4 nitrogen and oxygen atoms in total. The van der Waals surface area contributed by atoms with E-state index in [-0.39, 0.29) is 11.9 Å². The van der Waals surface area contributed by atoms with Gasteiger partial charge >= 0.3 is 11.9 Å². The fourth-order valence-corrected chi connectivity index (χ4v) is 2.19. The number of carbonyl (C=O) groups excluding carboxylic acids is 2. The van der Waals surface area contributed by atoms with Crippen LogP contribution in [0.4, 0.5) is 0 Å². The third-order valence-electron chi connectivity index (χ3n) is 2.09. The fourth-order valence-electron chi connectivity index (χ4n) is 1.30. The number of carbonyl (C=O) groups is 2. The first kappa shape index (κ1) is 15.4. The van der Waals surface area contributed by atoms with Crippen LogP contribution in [0.5, 0.6) is 0 Å². The van der Waals surface area contributed by atoms with Crippen LogP contribution in [0, 0.1) is 0 Å². The van der Waals surface area contributed by atoms with Crippen LogP contribution in [-0.2, 0) is 14.3 Å². The molecule has 104 valence electrons. The number of thiophene rings is 1. The van der Waals surface area contributed by atoms with E-state index in [0.717, 1.165) is 4.88 Å². The number of ether oxygens (including phenoxy) is 2. The van der Waals surface area contributed by atoms with Crippen LogP contribution in [0.3, 0.4) is 0 Å². The Kier molecular flexibility index (Phi) is 4.89. The van der Waals surface area contributed by atoms with E-state index in [1.165, 1.54) is 18.4 Å². The average Bonchev–Trinajstić information content (AvgIpc) is 2.74. The van der Waals surface area contributed by atoms with Crippen LogP contribution in [0.25, 0.3) is 6.08 Å². The molecule has 0 spiro atoms. The van der Waals surface area contributed by atoms with Crippen LogP contribution in [0.1, 0.15) is 42.2 Å². The molecule has 0 amide bonds. The third-order valence-corrected chi connectivity index (χ3v) is 3.11. The Balaban J connectivity index is 2.83. The van der Waals surface area contributed by atoms with E-state index in [0.29, 0.717) is 10.5 Å². The highest BCUT2D eigenvalue weighted by atomic mass is 32.1. The summed E-state index contributed by atoms with van der Waals surface area (Å²) in [7, 11) is 1.33. The number of hydrogen-bond acceptors (Lipinski definition) is 5. The average molecular weight is 282 g/mol. The second kappa shape index (κ2) is 6.02. The lowest BCUT2D eigenvalue weighted by Gasteiger charge is -2.18. The van der Waals surface area contributed by atoms with Crippen LogP contribution < -0.4 is 0 Å². The molecule has 0 fully saturated rings. The van der Waals surface area contributed by atoms with Gasteiger partial charge in [-0.3, -0.25) is 0 Å². The van der Waals surface area contributed by atoms with Gasteiger partial charge in [0.05, 0.1) is 7.11 Å². The molecule has 0 aliphatic rings. The zero-order valence-electron chi connectivity index (χ0n) is 11.8. The van der Waals surface area contributed by atoms with Gasteiger partial charge < -0.3 is 9.47 Å². The van der Waals surface area contributed by atoms with Crippen molar-refractivity contribution in [1.82, 2.24) is 0 Å². The predicted octanol–water partition coefficient (Wildman–Crippen LogP) is 3.28. The molecule has 0 unspecified atom stereocenters. The van der Waals surface area contributed by atoms with Crippen molar-refractivity contribution >= 4 is 29.4 Å². The number of rotatable bonds is 3. The molecule has 0 bridgehead atoms. The summed E-state index contributed by atoms with van der Waals surface area (Å²) in [6.45, 7) is 7.13. The van der Waals surface area contributed by atoms with Gasteiger partial charge in [0, 0.05) is 10.5 Å². The first-order valence-electron chi connectivity index (χ1n) is 5.83. The van der Waals surface area contributed by atoms with Crippen LogP contribution in [0.2, 0.25) is 0 Å². The normalized spacial score (nSPS) is 12.2. The van der Waals surface area contributed by atoms with Crippen molar-refractivity contribution in [3.63, 3.8) is 0 Å². The highest BCUT2D eigenvalue weighted by Gasteiger charge is 2.19. The largest absolute Gasteiger partial charge is 0.466 e. The predicted molar refractivity (Wildman–Crippen MR) is 75.2 cm³/mol. The topological polar surface area (TPSA) is 52.6 Å². The molecular weight excluding hydrogens is 264 g/mol. The summed E-state index contributed by atoms with van der Waals surface area (Å²) in [5, 5.41) is 0. The Morgan fingerprint density at radius 2 is 1.89 bits per heavy atom. The van der Waals surface area contributed by atoms with Gasteiger partial charge in [-0.1, -0.05) is 0 Å². The van der Waals surface area contributed by atoms with Crippen molar-refractivity contribution in [3.05, 3.63) is 27.5 Å². The van der Waals surface area contributed by atoms with Crippen molar-refractivity contribution in [2.45, 2.75) is 33.3 Å². The SMILES string of the molecule is COC(=O)/C(C)=C\c1ccc(C(=O)OC(C)(C)C)s1. The Hall–Kier alpha value is -1.62. The Labute approximate surface area is 117 Å². The van der Waals surface area contributed by atoms with Gasteiger partial charge in [-0.25, -0.2) is 9.59 Å². The molecule has 0 atom stereocenters. The number of esters is 2. The molecule has 0 saturated carbocycles. The minimum Gasteiger partial charge on any atom is -0.466 e. The van der Waals surface area contributed by atoms with E-state index >= 15 is 0 Å². The molecule has 0 N–H and O–H groups in total. The molecule has 19 heavy (non-hydrogen) atoms. The van der Waals surface area contributed by atoms with E-state index in [1.54, 1.807) is 25.1 Å². The molecular formula is C14H18O4S. The number of hydrogen-bond donors (Lipinski definition) is 0. The van der Waals surface area contributed by atoms with Crippen molar-refractivity contribution in [1.29, 1.82) is 0 Å². The van der Waals surface area contributed by atoms with Crippen LogP contribution >= 0.6 is 11.3 Å². The van der Waals surface area contributed by atoms with Gasteiger partial charge in [0.2, 0.25) is 0 Å². The maximum atomic E-state index is 11.8. The van der Waals surface area contributed by atoms with Gasteiger partial charge in [-0.15, -0.1) is 11.3 Å².